The first-order valence-electron chi connectivity index (χ1n) is 6.81. The maximum atomic E-state index is 6.40. The van der Waals surface area contributed by atoms with E-state index in [9.17, 15) is 0 Å². The molecule has 2 rings (SSSR count). The third-order valence-corrected chi connectivity index (χ3v) is 3.48. The number of nitrogens with two attached hydrogens (primary N) is 1. The Hall–Kier alpha value is -2.20. The Balaban J connectivity index is 2.39. The van der Waals surface area contributed by atoms with Crippen molar-refractivity contribution in [3.63, 3.8) is 0 Å². The largest absolute Gasteiger partial charge is 0.497 e. The lowest BCUT2D eigenvalue weighted by Gasteiger charge is -2.18. The van der Waals surface area contributed by atoms with Crippen molar-refractivity contribution in [3.8, 4) is 11.5 Å². The lowest BCUT2D eigenvalue weighted by atomic mass is 9.98. The molecule has 0 saturated heterocycles. The Bertz CT molecular complexity index is 589. The lowest BCUT2D eigenvalue weighted by molar-refractivity contribution is 0.393. The van der Waals surface area contributed by atoms with Crippen LogP contribution in [-0.4, -0.2) is 28.3 Å². The number of ether oxygens (including phenoxy) is 2. The van der Waals surface area contributed by atoms with Crippen molar-refractivity contribution in [3.05, 3.63) is 53.6 Å². The zero-order valence-electron chi connectivity index (χ0n) is 13.0. The molecule has 0 aliphatic carbocycles. The molecule has 1 atom stereocenters. The fourth-order valence-corrected chi connectivity index (χ4v) is 2.20. The Labute approximate surface area is 126 Å². The standard InChI is InChI=1S/C17H22N2O2/c1-19(2)14-7-5-6-12(8-14)17(18)13-9-15(20-3)11-16(10-13)21-4/h5-11,17H,18H2,1-4H3. The van der Waals surface area contributed by atoms with Gasteiger partial charge in [-0.3, -0.25) is 0 Å². The molecule has 2 aromatic rings. The van der Waals surface area contributed by atoms with Gasteiger partial charge in [-0.05, 0) is 35.4 Å². The first kappa shape index (κ1) is 15.2. The van der Waals surface area contributed by atoms with E-state index in [1.54, 1.807) is 14.2 Å². The molecule has 0 aromatic heterocycles. The highest BCUT2D eigenvalue weighted by Crippen LogP contribution is 2.29. The van der Waals surface area contributed by atoms with Crippen molar-refractivity contribution in [1.29, 1.82) is 0 Å². The van der Waals surface area contributed by atoms with Crippen LogP contribution in [0.15, 0.2) is 42.5 Å². The molecule has 4 heteroatoms. The molecule has 0 aliphatic rings. The molecule has 21 heavy (non-hydrogen) atoms. The summed E-state index contributed by atoms with van der Waals surface area (Å²) in [5.74, 6) is 1.48. The zero-order valence-corrected chi connectivity index (χ0v) is 13.0. The van der Waals surface area contributed by atoms with Crippen LogP contribution >= 0.6 is 0 Å². The summed E-state index contributed by atoms with van der Waals surface area (Å²) in [6, 6.07) is 13.7. The summed E-state index contributed by atoms with van der Waals surface area (Å²) in [4.78, 5) is 2.06. The van der Waals surface area contributed by atoms with Crippen LogP contribution in [0.5, 0.6) is 11.5 Å². The van der Waals surface area contributed by atoms with E-state index in [4.69, 9.17) is 15.2 Å². The van der Waals surface area contributed by atoms with Crippen molar-refractivity contribution < 1.29 is 9.47 Å². The molecule has 0 aliphatic heterocycles. The highest BCUT2D eigenvalue weighted by atomic mass is 16.5. The van der Waals surface area contributed by atoms with Gasteiger partial charge in [-0.2, -0.15) is 0 Å². The fraction of sp³-hybridized carbons (Fsp3) is 0.294. The van der Waals surface area contributed by atoms with Crippen LogP contribution in [0.4, 0.5) is 5.69 Å². The van der Waals surface area contributed by atoms with E-state index in [-0.39, 0.29) is 6.04 Å². The SMILES string of the molecule is COc1cc(OC)cc(C(N)c2cccc(N(C)C)c2)c1. The molecule has 1 unspecified atom stereocenters. The van der Waals surface area contributed by atoms with Crippen molar-refractivity contribution in [2.24, 2.45) is 5.73 Å². The molecule has 0 spiro atoms. The number of rotatable bonds is 5. The van der Waals surface area contributed by atoms with E-state index in [2.05, 4.69) is 17.0 Å². The van der Waals surface area contributed by atoms with E-state index >= 15 is 0 Å². The minimum atomic E-state index is -0.228. The second-order valence-electron chi connectivity index (χ2n) is 5.11. The first-order chi connectivity index (χ1) is 10.0. The van der Waals surface area contributed by atoms with Gasteiger partial charge in [-0.25, -0.2) is 0 Å². The monoisotopic (exact) mass is 286 g/mol. The number of benzene rings is 2. The maximum absolute atomic E-state index is 6.40. The van der Waals surface area contributed by atoms with Crippen LogP contribution in [0.1, 0.15) is 17.2 Å². The quantitative estimate of drug-likeness (QED) is 0.918. The van der Waals surface area contributed by atoms with Gasteiger partial charge in [0.25, 0.3) is 0 Å². The van der Waals surface area contributed by atoms with Crippen molar-refractivity contribution in [2.75, 3.05) is 33.2 Å². The highest BCUT2D eigenvalue weighted by molar-refractivity contribution is 5.50. The summed E-state index contributed by atoms with van der Waals surface area (Å²) in [6.45, 7) is 0. The predicted octanol–water partition coefficient (Wildman–Crippen LogP) is 2.82. The number of anilines is 1. The number of hydrogen-bond acceptors (Lipinski definition) is 4. The van der Waals surface area contributed by atoms with E-state index in [0.717, 1.165) is 28.3 Å². The number of nitrogens with zero attached hydrogens (tertiary/aromatic N) is 1. The third-order valence-electron chi connectivity index (χ3n) is 3.48. The van der Waals surface area contributed by atoms with Crippen LogP contribution in [-0.2, 0) is 0 Å². The van der Waals surface area contributed by atoms with Crippen LogP contribution in [0.25, 0.3) is 0 Å². The van der Waals surface area contributed by atoms with Gasteiger partial charge in [-0.15, -0.1) is 0 Å². The van der Waals surface area contributed by atoms with Gasteiger partial charge in [-0.1, -0.05) is 12.1 Å². The normalized spacial score (nSPS) is 11.9. The maximum Gasteiger partial charge on any atom is 0.122 e. The lowest BCUT2D eigenvalue weighted by Crippen LogP contribution is -2.14. The van der Waals surface area contributed by atoms with Crippen LogP contribution in [0, 0.1) is 0 Å². The van der Waals surface area contributed by atoms with Gasteiger partial charge in [0.15, 0.2) is 0 Å². The Morgan fingerprint density at radius 1 is 0.905 bits per heavy atom. The van der Waals surface area contributed by atoms with E-state index in [0.29, 0.717) is 0 Å². The average Bonchev–Trinajstić information content (AvgIpc) is 2.53. The first-order valence-corrected chi connectivity index (χ1v) is 6.81. The summed E-state index contributed by atoms with van der Waals surface area (Å²) in [6.07, 6.45) is 0. The summed E-state index contributed by atoms with van der Waals surface area (Å²) >= 11 is 0. The Morgan fingerprint density at radius 3 is 2.05 bits per heavy atom. The van der Waals surface area contributed by atoms with Gasteiger partial charge in [0.2, 0.25) is 0 Å². The summed E-state index contributed by atoms with van der Waals surface area (Å²) in [7, 11) is 7.30. The molecule has 0 fully saturated rings. The van der Waals surface area contributed by atoms with Crippen molar-refractivity contribution in [1.82, 2.24) is 0 Å². The molecular weight excluding hydrogens is 264 g/mol. The molecule has 0 radical (unpaired) electrons. The van der Waals surface area contributed by atoms with Gasteiger partial charge in [0.05, 0.1) is 20.3 Å². The van der Waals surface area contributed by atoms with E-state index in [1.807, 2.05) is 44.4 Å². The van der Waals surface area contributed by atoms with E-state index in [1.165, 1.54) is 0 Å². The molecule has 0 saturated carbocycles. The van der Waals surface area contributed by atoms with Gasteiger partial charge in [0.1, 0.15) is 11.5 Å². The third kappa shape index (κ3) is 3.47. The molecule has 0 bridgehead atoms. The van der Waals surface area contributed by atoms with Gasteiger partial charge < -0.3 is 20.1 Å². The fourth-order valence-electron chi connectivity index (χ4n) is 2.20. The van der Waals surface area contributed by atoms with Crippen LogP contribution in [0.2, 0.25) is 0 Å². The van der Waals surface area contributed by atoms with Crippen LogP contribution < -0.4 is 20.1 Å². The van der Waals surface area contributed by atoms with Gasteiger partial charge >= 0.3 is 0 Å². The average molecular weight is 286 g/mol. The minimum absolute atomic E-state index is 0.228. The van der Waals surface area contributed by atoms with Crippen molar-refractivity contribution in [2.45, 2.75) is 6.04 Å². The van der Waals surface area contributed by atoms with Gasteiger partial charge in [0, 0.05) is 25.8 Å². The topological polar surface area (TPSA) is 47.7 Å². The van der Waals surface area contributed by atoms with Crippen molar-refractivity contribution >= 4 is 5.69 Å². The molecular formula is C17H22N2O2. The predicted molar refractivity (Wildman–Crippen MR) is 86.3 cm³/mol. The highest BCUT2D eigenvalue weighted by Gasteiger charge is 2.13. The summed E-state index contributed by atoms with van der Waals surface area (Å²) < 4.78 is 10.6. The molecule has 112 valence electrons. The molecule has 0 amide bonds. The summed E-state index contributed by atoms with van der Waals surface area (Å²) in [5.41, 5.74) is 9.54. The summed E-state index contributed by atoms with van der Waals surface area (Å²) in [5, 5.41) is 0. The smallest absolute Gasteiger partial charge is 0.122 e. The zero-order chi connectivity index (χ0) is 15.4. The van der Waals surface area contributed by atoms with Crippen LogP contribution in [0.3, 0.4) is 0 Å². The Kier molecular flexibility index (Phi) is 4.70. The van der Waals surface area contributed by atoms with E-state index < -0.39 is 0 Å². The number of hydrogen-bond donors (Lipinski definition) is 1. The second-order valence-corrected chi connectivity index (χ2v) is 5.11. The molecule has 0 heterocycles. The minimum Gasteiger partial charge on any atom is -0.497 e. The second kappa shape index (κ2) is 6.50. The number of methoxy groups -OCH3 is 2. The molecule has 4 nitrogen and oxygen atoms in total. The molecule has 2 aromatic carbocycles. The Morgan fingerprint density at radius 2 is 1.52 bits per heavy atom. The molecule has 2 N–H and O–H groups in total.